The lowest BCUT2D eigenvalue weighted by Gasteiger charge is -2.35. The molecule has 0 saturated carbocycles. The molecule has 2 aliphatic rings. The summed E-state index contributed by atoms with van der Waals surface area (Å²) in [5.41, 5.74) is 6.10. The number of piperazine rings is 1. The zero-order valence-corrected chi connectivity index (χ0v) is 20.3. The Labute approximate surface area is 212 Å². The van der Waals surface area contributed by atoms with Gasteiger partial charge in [-0.15, -0.1) is 0 Å². The molecule has 0 unspecified atom stereocenters. The molecule has 1 amide bonds. The van der Waals surface area contributed by atoms with Crippen LogP contribution in [0.2, 0.25) is 0 Å². The third-order valence-corrected chi connectivity index (χ3v) is 6.71. The van der Waals surface area contributed by atoms with E-state index in [2.05, 4.69) is 21.0 Å². The number of ether oxygens (including phenoxy) is 1. The number of hydrogen-bond donors (Lipinski definition) is 0. The fourth-order valence-corrected chi connectivity index (χ4v) is 4.80. The first-order valence-electron chi connectivity index (χ1n) is 12.0. The van der Waals surface area contributed by atoms with Gasteiger partial charge in [-0.1, -0.05) is 18.2 Å². The molecule has 1 aliphatic heterocycles. The van der Waals surface area contributed by atoms with E-state index in [-0.39, 0.29) is 32.1 Å². The average Bonchev–Trinajstić information content (AvgIpc) is 2.92. The number of aromatic nitrogens is 3. The molecule has 1 aliphatic carbocycles. The van der Waals surface area contributed by atoms with Gasteiger partial charge in [-0.3, -0.25) is 9.69 Å². The third-order valence-electron chi connectivity index (χ3n) is 6.71. The number of alkyl halides is 3. The number of carbonyl (C=O) groups excluding carboxylic acids is 1. The third kappa shape index (κ3) is 5.64. The molecular weight excluding hydrogens is 483 g/mol. The van der Waals surface area contributed by atoms with E-state index in [9.17, 15) is 18.0 Å². The van der Waals surface area contributed by atoms with Gasteiger partial charge in [0.1, 0.15) is 6.33 Å². The summed E-state index contributed by atoms with van der Waals surface area (Å²) in [6.45, 7) is -0.0517. The minimum Gasteiger partial charge on any atom is -0.481 e. The topological polar surface area (TPSA) is 71.5 Å². The van der Waals surface area contributed by atoms with Crippen molar-refractivity contribution in [1.82, 2.24) is 24.8 Å². The lowest BCUT2D eigenvalue weighted by molar-refractivity contribution is -0.148. The minimum absolute atomic E-state index is 0.193. The van der Waals surface area contributed by atoms with Crippen LogP contribution in [0.3, 0.4) is 0 Å². The summed E-state index contributed by atoms with van der Waals surface area (Å²) in [6.07, 6.45) is 2.51. The normalized spacial score (nSPS) is 16.2. The van der Waals surface area contributed by atoms with E-state index in [1.54, 1.807) is 30.3 Å². The second-order valence-corrected chi connectivity index (χ2v) is 9.11. The molecule has 0 atom stereocenters. The Bertz CT molecular complexity index is 1320. The Morgan fingerprint density at radius 2 is 1.84 bits per heavy atom. The summed E-state index contributed by atoms with van der Waals surface area (Å²) >= 11 is 0. The number of carbonyl (C=O) groups is 1. The molecule has 37 heavy (non-hydrogen) atoms. The number of halogens is 3. The summed E-state index contributed by atoms with van der Waals surface area (Å²) < 4.78 is 43.2. The number of benzene rings is 1. The van der Waals surface area contributed by atoms with Crippen molar-refractivity contribution < 1.29 is 22.7 Å². The molecule has 1 fully saturated rings. The van der Waals surface area contributed by atoms with Crippen molar-refractivity contribution in [1.29, 1.82) is 0 Å². The molecule has 3 aromatic rings. The van der Waals surface area contributed by atoms with Gasteiger partial charge in [0.2, 0.25) is 5.88 Å². The number of nitrogens with zero attached hydrogens (tertiary/aromatic N) is 5. The highest BCUT2D eigenvalue weighted by Gasteiger charge is 2.33. The number of fused-ring (bicyclic) bond motifs is 1. The van der Waals surface area contributed by atoms with Crippen LogP contribution in [0.25, 0.3) is 16.8 Å². The van der Waals surface area contributed by atoms with Crippen molar-refractivity contribution in [2.75, 3.05) is 39.8 Å². The number of allylic oxidation sites excluding steroid dienone is 2. The SMILES string of the molecule is COc1ccc(C2=CCc3ncnc(-c4cccc(C(=O)N5CCN(CC(F)(F)F)CC5)c4)c3C2)cn1. The van der Waals surface area contributed by atoms with Gasteiger partial charge in [-0.25, -0.2) is 15.0 Å². The smallest absolute Gasteiger partial charge is 0.401 e. The van der Waals surface area contributed by atoms with Crippen molar-refractivity contribution in [2.45, 2.75) is 19.0 Å². The van der Waals surface area contributed by atoms with Crippen LogP contribution in [-0.4, -0.2) is 76.7 Å². The van der Waals surface area contributed by atoms with E-state index in [1.165, 1.54) is 11.2 Å². The van der Waals surface area contributed by atoms with Crippen LogP contribution < -0.4 is 4.74 Å². The van der Waals surface area contributed by atoms with Gasteiger partial charge in [0.25, 0.3) is 5.91 Å². The molecule has 3 heterocycles. The van der Waals surface area contributed by atoms with Gasteiger partial charge in [0.15, 0.2) is 0 Å². The quantitative estimate of drug-likeness (QED) is 0.517. The zero-order valence-electron chi connectivity index (χ0n) is 20.3. The van der Waals surface area contributed by atoms with Crippen molar-refractivity contribution in [3.05, 3.63) is 77.4 Å². The number of hydrogen-bond acceptors (Lipinski definition) is 6. The predicted octanol–water partition coefficient (Wildman–Crippen LogP) is 4.05. The van der Waals surface area contributed by atoms with Crippen molar-refractivity contribution in [3.8, 4) is 17.1 Å². The monoisotopic (exact) mass is 509 g/mol. The first kappa shape index (κ1) is 24.9. The lowest BCUT2D eigenvalue weighted by Crippen LogP contribution is -2.50. The van der Waals surface area contributed by atoms with Gasteiger partial charge < -0.3 is 9.64 Å². The second kappa shape index (κ2) is 10.3. The van der Waals surface area contributed by atoms with Crippen LogP contribution >= 0.6 is 0 Å². The standard InChI is InChI=1S/C27H26F3N5O2/c1-37-24-8-6-21(15-31-24)18-5-7-23-22(14-18)25(33-17-32-23)19-3-2-4-20(13-19)26(36)35-11-9-34(10-12-35)16-27(28,29)30/h2-6,8,13,15,17H,7,9-12,14,16H2,1H3. The van der Waals surface area contributed by atoms with Crippen LogP contribution in [0, 0.1) is 0 Å². The van der Waals surface area contributed by atoms with Gasteiger partial charge >= 0.3 is 6.18 Å². The highest BCUT2D eigenvalue weighted by Crippen LogP contribution is 2.33. The Kier molecular flexibility index (Phi) is 6.92. The first-order valence-corrected chi connectivity index (χ1v) is 12.0. The minimum atomic E-state index is -4.24. The summed E-state index contributed by atoms with van der Waals surface area (Å²) in [4.78, 5) is 29.5. The first-order chi connectivity index (χ1) is 17.8. The molecular formula is C27H26F3N5O2. The van der Waals surface area contributed by atoms with Crippen LogP contribution in [0.1, 0.15) is 27.2 Å². The van der Waals surface area contributed by atoms with E-state index in [0.29, 0.717) is 24.3 Å². The molecule has 0 N–H and O–H groups in total. The molecule has 10 heteroatoms. The molecule has 1 aromatic carbocycles. The Hall–Kier alpha value is -3.79. The Morgan fingerprint density at radius 3 is 2.54 bits per heavy atom. The molecule has 0 spiro atoms. The molecule has 2 aromatic heterocycles. The second-order valence-electron chi connectivity index (χ2n) is 9.11. The van der Waals surface area contributed by atoms with Crippen LogP contribution in [-0.2, 0) is 12.8 Å². The van der Waals surface area contributed by atoms with Crippen molar-refractivity contribution in [3.63, 3.8) is 0 Å². The van der Waals surface area contributed by atoms with E-state index < -0.39 is 12.7 Å². The summed E-state index contributed by atoms with van der Waals surface area (Å²) in [6, 6.07) is 11.1. The molecule has 1 saturated heterocycles. The van der Waals surface area contributed by atoms with Gasteiger partial charge in [0.05, 0.1) is 25.0 Å². The molecule has 7 nitrogen and oxygen atoms in total. The number of rotatable bonds is 5. The van der Waals surface area contributed by atoms with Crippen LogP contribution in [0.15, 0.2) is 55.0 Å². The maximum Gasteiger partial charge on any atom is 0.401 e. The molecule has 192 valence electrons. The van der Waals surface area contributed by atoms with Crippen molar-refractivity contribution >= 4 is 11.5 Å². The van der Waals surface area contributed by atoms with E-state index in [0.717, 1.165) is 33.7 Å². The highest BCUT2D eigenvalue weighted by atomic mass is 19.4. The van der Waals surface area contributed by atoms with E-state index in [1.807, 2.05) is 24.3 Å². The maximum atomic E-state index is 13.2. The number of pyridine rings is 1. The lowest BCUT2D eigenvalue weighted by atomic mass is 9.88. The van der Waals surface area contributed by atoms with E-state index in [4.69, 9.17) is 4.74 Å². The maximum absolute atomic E-state index is 13.2. The number of methoxy groups -OCH3 is 1. The summed E-state index contributed by atoms with van der Waals surface area (Å²) in [5.74, 6) is 0.356. The van der Waals surface area contributed by atoms with E-state index >= 15 is 0 Å². The number of amides is 1. The Balaban J connectivity index is 1.34. The highest BCUT2D eigenvalue weighted by molar-refractivity contribution is 5.95. The molecule has 0 radical (unpaired) electrons. The van der Waals surface area contributed by atoms with Crippen molar-refractivity contribution in [2.24, 2.45) is 0 Å². The zero-order chi connectivity index (χ0) is 26.0. The fourth-order valence-electron chi connectivity index (χ4n) is 4.80. The van der Waals surface area contributed by atoms with Gasteiger partial charge in [-0.2, -0.15) is 13.2 Å². The van der Waals surface area contributed by atoms with Gasteiger partial charge in [0, 0.05) is 68.0 Å². The molecule has 5 rings (SSSR count). The fraction of sp³-hybridized carbons (Fsp3) is 0.333. The Morgan fingerprint density at radius 1 is 1.03 bits per heavy atom. The largest absolute Gasteiger partial charge is 0.481 e. The summed E-state index contributed by atoms with van der Waals surface area (Å²) in [7, 11) is 1.58. The average molecular weight is 510 g/mol. The van der Waals surface area contributed by atoms with Gasteiger partial charge in [-0.05, 0) is 29.3 Å². The summed E-state index contributed by atoms with van der Waals surface area (Å²) in [5, 5.41) is 0. The molecule has 0 bridgehead atoms. The predicted molar refractivity (Wildman–Crippen MR) is 132 cm³/mol. The van der Waals surface area contributed by atoms with Crippen LogP contribution in [0.5, 0.6) is 5.88 Å². The van der Waals surface area contributed by atoms with Crippen LogP contribution in [0.4, 0.5) is 13.2 Å².